The van der Waals surface area contributed by atoms with E-state index in [4.69, 9.17) is 9.26 Å². The smallest absolute Gasteiger partial charge is 0.260 e. The molecular formula is C24H25N3O4. The molecule has 2 aromatic carbocycles. The fraction of sp³-hybridized carbons (Fsp3) is 0.292. The molecule has 0 N–H and O–H groups in total. The average molecular weight is 419 g/mol. The van der Waals surface area contributed by atoms with Crippen LogP contribution < -0.4 is 4.74 Å². The molecule has 1 fully saturated rings. The number of hydrogen-bond acceptors (Lipinski definition) is 6. The first-order chi connectivity index (χ1) is 15.1. The molecular weight excluding hydrogens is 394 g/mol. The normalized spacial score (nSPS) is 14.4. The third-order valence-corrected chi connectivity index (χ3v) is 5.30. The Hall–Kier alpha value is -3.45. The molecule has 0 radical (unpaired) electrons. The first-order valence-electron chi connectivity index (χ1n) is 10.3. The van der Waals surface area contributed by atoms with Crippen molar-refractivity contribution in [2.45, 2.75) is 13.5 Å². The van der Waals surface area contributed by atoms with E-state index in [9.17, 15) is 9.59 Å². The Morgan fingerprint density at radius 3 is 2.29 bits per heavy atom. The Morgan fingerprint density at radius 1 is 0.968 bits per heavy atom. The number of hydrogen-bond donors (Lipinski definition) is 0. The molecule has 1 aliphatic rings. The second-order valence-corrected chi connectivity index (χ2v) is 7.59. The number of benzene rings is 2. The molecule has 0 unspecified atom stereocenters. The van der Waals surface area contributed by atoms with Gasteiger partial charge < -0.3 is 14.2 Å². The van der Waals surface area contributed by atoms with Gasteiger partial charge in [0.15, 0.2) is 12.4 Å². The molecule has 0 spiro atoms. The van der Waals surface area contributed by atoms with Crippen LogP contribution in [0.15, 0.2) is 65.2 Å². The van der Waals surface area contributed by atoms with Crippen LogP contribution >= 0.6 is 0 Å². The quantitative estimate of drug-likeness (QED) is 0.548. The largest absolute Gasteiger partial charge is 0.484 e. The number of carbonyl (C=O) groups is 2. The summed E-state index contributed by atoms with van der Waals surface area (Å²) in [6.45, 7) is 5.47. The topological polar surface area (TPSA) is 75.9 Å². The lowest BCUT2D eigenvalue weighted by molar-refractivity contribution is -0.135. The van der Waals surface area contributed by atoms with Gasteiger partial charge >= 0.3 is 0 Å². The molecule has 0 saturated carbocycles. The Morgan fingerprint density at radius 2 is 1.65 bits per heavy atom. The van der Waals surface area contributed by atoms with Crippen molar-refractivity contribution in [1.29, 1.82) is 0 Å². The van der Waals surface area contributed by atoms with Gasteiger partial charge in [0.1, 0.15) is 11.5 Å². The van der Waals surface area contributed by atoms with Gasteiger partial charge in [0.2, 0.25) is 0 Å². The lowest BCUT2D eigenvalue weighted by Crippen LogP contribution is -2.49. The summed E-state index contributed by atoms with van der Waals surface area (Å²) in [4.78, 5) is 29.0. The van der Waals surface area contributed by atoms with Gasteiger partial charge in [0, 0.05) is 49.9 Å². The first-order valence-corrected chi connectivity index (χ1v) is 10.3. The molecule has 7 nitrogen and oxygen atoms in total. The lowest BCUT2D eigenvalue weighted by Gasteiger charge is -2.34. The van der Waals surface area contributed by atoms with Crippen LogP contribution in [-0.4, -0.2) is 59.4 Å². The average Bonchev–Trinajstić information content (AvgIpc) is 3.23. The summed E-state index contributed by atoms with van der Waals surface area (Å²) in [6, 6.07) is 18.0. The number of carbonyl (C=O) groups excluding carboxylic acids is 2. The van der Waals surface area contributed by atoms with Crippen molar-refractivity contribution < 1.29 is 18.8 Å². The Labute approximate surface area is 181 Å². The first kappa shape index (κ1) is 20.8. The summed E-state index contributed by atoms with van der Waals surface area (Å²) in [5.74, 6) is 1.29. The van der Waals surface area contributed by atoms with E-state index in [0.717, 1.165) is 31.1 Å². The summed E-state index contributed by atoms with van der Waals surface area (Å²) >= 11 is 0. The Kier molecular flexibility index (Phi) is 6.43. The Balaban J connectivity index is 1.23. The van der Waals surface area contributed by atoms with Crippen LogP contribution in [0.5, 0.6) is 5.75 Å². The molecule has 7 heteroatoms. The molecule has 0 aliphatic carbocycles. The van der Waals surface area contributed by atoms with Crippen molar-refractivity contribution in [3.8, 4) is 5.75 Å². The minimum Gasteiger partial charge on any atom is -0.484 e. The van der Waals surface area contributed by atoms with E-state index >= 15 is 0 Å². The van der Waals surface area contributed by atoms with Crippen LogP contribution in [0, 0.1) is 6.92 Å². The summed E-state index contributed by atoms with van der Waals surface area (Å²) < 4.78 is 10.8. The second kappa shape index (κ2) is 9.57. The van der Waals surface area contributed by atoms with Crippen molar-refractivity contribution in [2.75, 3.05) is 32.8 Å². The highest BCUT2D eigenvalue weighted by Crippen LogP contribution is 2.16. The summed E-state index contributed by atoms with van der Waals surface area (Å²) in [5, 5.41) is 4.02. The van der Waals surface area contributed by atoms with Gasteiger partial charge in [-0.3, -0.25) is 14.5 Å². The molecule has 1 saturated heterocycles. The third kappa shape index (κ3) is 5.38. The molecule has 1 amide bonds. The van der Waals surface area contributed by atoms with Gasteiger partial charge in [-0.2, -0.15) is 0 Å². The maximum absolute atomic E-state index is 12.5. The second-order valence-electron chi connectivity index (χ2n) is 7.59. The number of aryl methyl sites for hydroxylation is 1. The number of amides is 1. The monoisotopic (exact) mass is 419 g/mol. The highest BCUT2D eigenvalue weighted by atomic mass is 16.5. The van der Waals surface area contributed by atoms with Gasteiger partial charge in [-0.05, 0) is 31.2 Å². The van der Waals surface area contributed by atoms with Gasteiger partial charge in [-0.15, -0.1) is 0 Å². The fourth-order valence-corrected chi connectivity index (χ4v) is 3.57. The molecule has 1 aromatic heterocycles. The van der Waals surface area contributed by atoms with Crippen LogP contribution in [0.2, 0.25) is 0 Å². The number of rotatable bonds is 7. The van der Waals surface area contributed by atoms with E-state index in [-0.39, 0.29) is 18.3 Å². The molecule has 2 heterocycles. The number of nitrogens with zero attached hydrogens (tertiary/aromatic N) is 3. The minimum absolute atomic E-state index is 0.0194. The molecule has 3 aromatic rings. The van der Waals surface area contributed by atoms with E-state index in [0.29, 0.717) is 30.0 Å². The fourth-order valence-electron chi connectivity index (χ4n) is 3.57. The molecule has 31 heavy (non-hydrogen) atoms. The highest BCUT2D eigenvalue weighted by Gasteiger charge is 2.22. The predicted octanol–water partition coefficient (Wildman–Crippen LogP) is 2.94. The van der Waals surface area contributed by atoms with Crippen molar-refractivity contribution in [1.82, 2.24) is 15.0 Å². The molecule has 4 rings (SSSR count). The summed E-state index contributed by atoms with van der Waals surface area (Å²) in [5.41, 5.74) is 2.14. The van der Waals surface area contributed by atoms with Gasteiger partial charge in [0.25, 0.3) is 5.91 Å². The van der Waals surface area contributed by atoms with E-state index < -0.39 is 0 Å². The maximum Gasteiger partial charge on any atom is 0.260 e. The number of ether oxygens (including phenoxy) is 1. The van der Waals surface area contributed by atoms with Crippen molar-refractivity contribution >= 4 is 11.7 Å². The summed E-state index contributed by atoms with van der Waals surface area (Å²) in [7, 11) is 0. The highest BCUT2D eigenvalue weighted by molar-refractivity contribution is 6.08. The van der Waals surface area contributed by atoms with Gasteiger partial charge in [0.05, 0.1) is 5.69 Å². The number of aromatic nitrogens is 1. The van der Waals surface area contributed by atoms with E-state index in [1.807, 2.05) is 36.1 Å². The predicted molar refractivity (Wildman–Crippen MR) is 115 cm³/mol. The van der Waals surface area contributed by atoms with Crippen molar-refractivity contribution in [3.05, 3.63) is 83.2 Å². The standard InChI is InChI=1S/C24H25N3O4/c1-18-15-21(25-31-18)16-26-11-13-27(14-12-26)23(28)17-30-22-9-7-20(8-10-22)24(29)19-5-3-2-4-6-19/h2-10,15H,11-14,16-17H2,1H3. The number of ketones is 1. The van der Waals surface area contributed by atoms with Crippen LogP contribution in [0.4, 0.5) is 0 Å². The molecule has 160 valence electrons. The van der Waals surface area contributed by atoms with Gasteiger partial charge in [-0.1, -0.05) is 35.5 Å². The molecule has 1 aliphatic heterocycles. The Bertz CT molecular complexity index is 1020. The van der Waals surface area contributed by atoms with E-state index in [1.54, 1.807) is 36.4 Å². The van der Waals surface area contributed by atoms with Crippen LogP contribution in [0.3, 0.4) is 0 Å². The molecule has 0 bridgehead atoms. The lowest BCUT2D eigenvalue weighted by atomic mass is 10.0. The van der Waals surface area contributed by atoms with Gasteiger partial charge in [-0.25, -0.2) is 0 Å². The summed E-state index contributed by atoms with van der Waals surface area (Å²) in [6.07, 6.45) is 0. The molecule has 0 atom stereocenters. The minimum atomic E-state index is -0.0404. The van der Waals surface area contributed by atoms with Crippen molar-refractivity contribution in [2.24, 2.45) is 0 Å². The van der Waals surface area contributed by atoms with Crippen LogP contribution in [0.25, 0.3) is 0 Å². The van der Waals surface area contributed by atoms with E-state index in [1.165, 1.54) is 0 Å². The van der Waals surface area contributed by atoms with Crippen LogP contribution in [-0.2, 0) is 11.3 Å². The zero-order chi connectivity index (χ0) is 21.6. The zero-order valence-corrected chi connectivity index (χ0v) is 17.5. The SMILES string of the molecule is Cc1cc(CN2CCN(C(=O)COc3ccc(C(=O)c4ccccc4)cc3)CC2)no1. The third-order valence-electron chi connectivity index (χ3n) is 5.30. The van der Waals surface area contributed by atoms with Crippen molar-refractivity contribution in [3.63, 3.8) is 0 Å². The number of piperazine rings is 1. The van der Waals surface area contributed by atoms with Crippen LogP contribution in [0.1, 0.15) is 27.4 Å². The zero-order valence-electron chi connectivity index (χ0n) is 17.5. The van der Waals surface area contributed by atoms with E-state index in [2.05, 4.69) is 10.1 Å². The maximum atomic E-state index is 12.5.